The normalized spacial score (nSPS) is 19.3. The van der Waals surface area contributed by atoms with Gasteiger partial charge >= 0.3 is 6.18 Å². The van der Waals surface area contributed by atoms with Crippen LogP contribution in [0.1, 0.15) is 35.1 Å². The van der Waals surface area contributed by atoms with E-state index >= 15 is 0 Å². The Hall–Kier alpha value is -2.50. The van der Waals surface area contributed by atoms with Crippen molar-refractivity contribution in [1.29, 1.82) is 0 Å². The van der Waals surface area contributed by atoms with Crippen LogP contribution in [-0.2, 0) is 17.5 Å². The van der Waals surface area contributed by atoms with Gasteiger partial charge in [0.05, 0.1) is 23.5 Å². The number of hydrogen-bond acceptors (Lipinski definition) is 2. The largest absolute Gasteiger partial charge is 0.416 e. The zero-order valence-corrected chi connectivity index (χ0v) is 15.3. The lowest BCUT2D eigenvalue weighted by Gasteiger charge is -2.40. The third kappa shape index (κ3) is 3.07. The molecule has 0 aliphatic carbocycles. The van der Waals surface area contributed by atoms with Gasteiger partial charge in [-0.2, -0.15) is 13.2 Å². The molecule has 27 heavy (non-hydrogen) atoms. The van der Waals surface area contributed by atoms with E-state index in [4.69, 9.17) is 0 Å². The third-order valence-electron chi connectivity index (χ3n) is 5.54. The number of carbonyl (C=O) groups is 1. The molecular weight excluding hydrogens is 353 g/mol. The van der Waals surface area contributed by atoms with E-state index in [9.17, 15) is 18.0 Å². The van der Waals surface area contributed by atoms with Gasteiger partial charge in [0.2, 0.25) is 5.91 Å². The van der Waals surface area contributed by atoms with Gasteiger partial charge in [0.1, 0.15) is 6.04 Å². The highest BCUT2D eigenvalue weighted by molar-refractivity contribution is 6.06. The van der Waals surface area contributed by atoms with Crippen LogP contribution < -0.4 is 9.80 Å². The average molecular weight is 374 g/mol. The Labute approximate surface area is 156 Å². The number of benzene rings is 2. The van der Waals surface area contributed by atoms with Crippen LogP contribution in [0.25, 0.3) is 0 Å². The van der Waals surface area contributed by atoms with Gasteiger partial charge in [0.25, 0.3) is 0 Å². The SMILES string of the molecule is Cc1ccc(C)c(CN2C(=O)[C@@H]3CCCN3c3ccc(C(F)(F)F)cc32)c1. The van der Waals surface area contributed by atoms with Crippen LogP contribution in [0.5, 0.6) is 0 Å². The van der Waals surface area contributed by atoms with E-state index in [-0.39, 0.29) is 18.5 Å². The number of rotatable bonds is 2. The van der Waals surface area contributed by atoms with Crippen LogP contribution in [0, 0.1) is 13.8 Å². The number of carbonyl (C=O) groups excluding carboxylic acids is 1. The second-order valence-electron chi connectivity index (χ2n) is 7.41. The standard InChI is InChI=1S/C21H21F3N2O/c1-13-5-6-14(2)15(10-13)12-26-19-11-16(21(22,23)24)7-8-17(19)25-9-3-4-18(25)20(26)27/h5-8,10-11,18H,3-4,9,12H2,1-2H3/t18-/m0/s1. The van der Waals surface area contributed by atoms with Crippen LogP contribution in [0.15, 0.2) is 36.4 Å². The molecule has 2 aliphatic heterocycles. The molecule has 0 N–H and O–H groups in total. The molecule has 2 heterocycles. The van der Waals surface area contributed by atoms with Gasteiger partial charge in [0, 0.05) is 6.54 Å². The molecule has 2 aromatic rings. The first kappa shape index (κ1) is 17.9. The van der Waals surface area contributed by atoms with Crippen molar-refractivity contribution in [3.63, 3.8) is 0 Å². The van der Waals surface area contributed by atoms with Crippen molar-refractivity contribution in [3.8, 4) is 0 Å². The summed E-state index contributed by atoms with van der Waals surface area (Å²) in [4.78, 5) is 16.6. The summed E-state index contributed by atoms with van der Waals surface area (Å²) in [5, 5.41) is 0. The van der Waals surface area contributed by atoms with Crippen LogP contribution in [0.2, 0.25) is 0 Å². The number of amides is 1. The Kier molecular flexibility index (Phi) is 4.17. The van der Waals surface area contributed by atoms with Crippen molar-refractivity contribution in [1.82, 2.24) is 0 Å². The predicted molar refractivity (Wildman–Crippen MR) is 98.9 cm³/mol. The molecule has 0 bridgehead atoms. The summed E-state index contributed by atoms with van der Waals surface area (Å²) < 4.78 is 39.8. The summed E-state index contributed by atoms with van der Waals surface area (Å²) in [6.45, 7) is 4.91. The highest BCUT2D eigenvalue weighted by Gasteiger charge is 2.42. The number of aryl methyl sites for hydroxylation is 2. The minimum Gasteiger partial charge on any atom is -0.358 e. The van der Waals surface area contributed by atoms with E-state index in [1.807, 2.05) is 36.9 Å². The van der Waals surface area contributed by atoms with E-state index < -0.39 is 11.7 Å². The van der Waals surface area contributed by atoms with Crippen molar-refractivity contribution in [2.24, 2.45) is 0 Å². The second kappa shape index (κ2) is 6.29. The summed E-state index contributed by atoms with van der Waals surface area (Å²) in [6.07, 6.45) is -2.83. The molecule has 2 aliphatic rings. The topological polar surface area (TPSA) is 23.6 Å². The fraction of sp³-hybridized carbons (Fsp3) is 0.381. The summed E-state index contributed by atoms with van der Waals surface area (Å²) in [6, 6.07) is 9.43. The summed E-state index contributed by atoms with van der Waals surface area (Å²) >= 11 is 0. The predicted octanol–water partition coefficient (Wildman–Crippen LogP) is 4.84. The molecule has 0 unspecified atom stereocenters. The Bertz CT molecular complexity index is 907. The lowest BCUT2D eigenvalue weighted by atomic mass is 10.0. The molecule has 0 aromatic heterocycles. The van der Waals surface area contributed by atoms with E-state index in [1.54, 1.807) is 4.90 Å². The maximum absolute atomic E-state index is 13.3. The van der Waals surface area contributed by atoms with E-state index in [2.05, 4.69) is 0 Å². The van der Waals surface area contributed by atoms with Crippen LogP contribution >= 0.6 is 0 Å². The van der Waals surface area contributed by atoms with Gasteiger partial charge in [-0.3, -0.25) is 4.79 Å². The van der Waals surface area contributed by atoms with E-state index in [1.165, 1.54) is 6.07 Å². The first-order valence-electron chi connectivity index (χ1n) is 9.11. The number of nitrogens with zero attached hydrogens (tertiary/aromatic N) is 2. The zero-order valence-electron chi connectivity index (χ0n) is 15.3. The van der Waals surface area contributed by atoms with Gasteiger partial charge in [-0.1, -0.05) is 23.8 Å². The van der Waals surface area contributed by atoms with Gasteiger partial charge in [-0.15, -0.1) is 0 Å². The molecule has 1 fully saturated rings. The maximum Gasteiger partial charge on any atom is 0.416 e. The fourth-order valence-electron chi connectivity index (χ4n) is 4.07. The minimum atomic E-state index is -4.44. The minimum absolute atomic E-state index is 0.111. The van der Waals surface area contributed by atoms with Crippen LogP contribution in [-0.4, -0.2) is 18.5 Å². The molecular formula is C21H21F3N2O. The number of hydrogen-bond donors (Lipinski definition) is 0. The van der Waals surface area contributed by atoms with Crippen molar-refractivity contribution in [3.05, 3.63) is 58.7 Å². The highest BCUT2D eigenvalue weighted by atomic mass is 19.4. The lowest BCUT2D eigenvalue weighted by Crippen LogP contribution is -2.50. The molecule has 1 saturated heterocycles. The summed E-state index contributed by atoms with van der Waals surface area (Å²) in [5.41, 5.74) is 3.39. The number of halogens is 3. The smallest absolute Gasteiger partial charge is 0.358 e. The number of alkyl halides is 3. The highest BCUT2D eigenvalue weighted by Crippen LogP contribution is 2.43. The molecule has 6 heteroatoms. The van der Waals surface area contributed by atoms with Gasteiger partial charge in [-0.05, 0) is 56.0 Å². The second-order valence-corrected chi connectivity index (χ2v) is 7.41. The molecule has 4 rings (SSSR count). The Morgan fingerprint density at radius 3 is 2.59 bits per heavy atom. The van der Waals surface area contributed by atoms with E-state index in [0.29, 0.717) is 12.2 Å². The molecule has 0 saturated carbocycles. The number of fused-ring (bicyclic) bond motifs is 3. The first-order chi connectivity index (χ1) is 12.8. The summed E-state index contributed by atoms with van der Waals surface area (Å²) in [7, 11) is 0. The monoisotopic (exact) mass is 374 g/mol. The van der Waals surface area contributed by atoms with Crippen LogP contribution in [0.4, 0.5) is 24.5 Å². The molecule has 142 valence electrons. The molecule has 2 aromatic carbocycles. The molecule has 3 nitrogen and oxygen atoms in total. The summed E-state index contributed by atoms with van der Waals surface area (Å²) in [5.74, 6) is -0.111. The van der Waals surface area contributed by atoms with Crippen molar-refractivity contribution >= 4 is 17.3 Å². The average Bonchev–Trinajstić information content (AvgIpc) is 3.10. The Morgan fingerprint density at radius 1 is 1.07 bits per heavy atom. The Balaban J connectivity index is 1.82. The maximum atomic E-state index is 13.3. The molecule has 0 spiro atoms. The first-order valence-corrected chi connectivity index (χ1v) is 9.11. The van der Waals surface area contributed by atoms with Crippen molar-refractivity contribution in [2.45, 2.75) is 45.5 Å². The molecule has 1 atom stereocenters. The quantitative estimate of drug-likeness (QED) is 0.751. The van der Waals surface area contributed by atoms with Gasteiger partial charge < -0.3 is 9.80 Å². The van der Waals surface area contributed by atoms with Crippen LogP contribution in [0.3, 0.4) is 0 Å². The molecule has 0 radical (unpaired) electrons. The lowest BCUT2D eigenvalue weighted by molar-refractivity contribution is -0.137. The third-order valence-corrected chi connectivity index (χ3v) is 5.54. The zero-order chi connectivity index (χ0) is 19.3. The van der Waals surface area contributed by atoms with Gasteiger partial charge in [-0.25, -0.2) is 0 Å². The van der Waals surface area contributed by atoms with Crippen molar-refractivity contribution < 1.29 is 18.0 Å². The fourth-order valence-corrected chi connectivity index (χ4v) is 4.07. The molecule has 1 amide bonds. The number of anilines is 2. The van der Waals surface area contributed by atoms with Gasteiger partial charge in [0.15, 0.2) is 0 Å². The van der Waals surface area contributed by atoms with Crippen molar-refractivity contribution in [2.75, 3.05) is 16.3 Å². The van der Waals surface area contributed by atoms with E-state index in [0.717, 1.165) is 47.4 Å². The Morgan fingerprint density at radius 2 is 1.85 bits per heavy atom.